The molecular weight excluding hydrogens is 266 g/mol. The predicted molar refractivity (Wildman–Crippen MR) is 88.7 cm³/mol. The summed E-state index contributed by atoms with van der Waals surface area (Å²) in [5.74, 6) is 0.949. The number of hydrogen-bond donors (Lipinski definition) is 1. The molecule has 1 N–H and O–H groups in total. The quantitative estimate of drug-likeness (QED) is 0.580. The molecule has 0 radical (unpaired) electrons. The van der Waals surface area contributed by atoms with Crippen LogP contribution in [0.25, 0.3) is 0 Å². The van der Waals surface area contributed by atoms with Gasteiger partial charge in [-0.3, -0.25) is 0 Å². The number of anilines is 1. The molecule has 0 bridgehead atoms. The lowest BCUT2D eigenvalue weighted by Crippen LogP contribution is -2.34. The largest absolute Gasteiger partial charge is 0.381 e. The van der Waals surface area contributed by atoms with Crippen LogP contribution in [0.2, 0.25) is 0 Å². The Morgan fingerprint density at radius 1 is 1.45 bits per heavy atom. The highest BCUT2D eigenvalue weighted by Crippen LogP contribution is 2.29. The molecule has 0 amide bonds. The zero-order valence-corrected chi connectivity index (χ0v) is 13.1. The second kappa shape index (κ2) is 8.38. The summed E-state index contributed by atoms with van der Waals surface area (Å²) < 4.78 is 5.82. The molecule has 1 saturated heterocycles. The van der Waals surface area contributed by atoms with E-state index in [1.165, 1.54) is 23.4 Å². The fourth-order valence-corrected chi connectivity index (χ4v) is 3.37. The van der Waals surface area contributed by atoms with E-state index in [0.29, 0.717) is 12.1 Å². The summed E-state index contributed by atoms with van der Waals surface area (Å²) in [6.07, 6.45) is 6.97. The highest BCUT2D eigenvalue weighted by atomic mass is 32.2. The van der Waals surface area contributed by atoms with Gasteiger partial charge in [-0.05, 0) is 31.4 Å². The molecule has 2 unspecified atom stereocenters. The van der Waals surface area contributed by atoms with E-state index in [1.807, 2.05) is 17.8 Å². The van der Waals surface area contributed by atoms with Crippen molar-refractivity contribution in [3.8, 4) is 0 Å². The van der Waals surface area contributed by atoms with Gasteiger partial charge in [0.15, 0.2) is 0 Å². The van der Waals surface area contributed by atoms with Gasteiger partial charge in [0, 0.05) is 29.0 Å². The molecule has 3 heteroatoms. The lowest BCUT2D eigenvalue weighted by molar-refractivity contribution is 0.00595. The van der Waals surface area contributed by atoms with E-state index in [9.17, 15) is 0 Å². The summed E-state index contributed by atoms with van der Waals surface area (Å²) in [4.78, 5) is 1.31. The molecular formula is C17H25NOS. The summed E-state index contributed by atoms with van der Waals surface area (Å²) in [7, 11) is 0. The highest BCUT2D eigenvalue weighted by Gasteiger charge is 2.22. The normalized spacial score (nSPS) is 22.4. The van der Waals surface area contributed by atoms with Crippen LogP contribution in [-0.4, -0.2) is 24.5 Å². The lowest BCUT2D eigenvalue weighted by atomic mass is 10.00. The first-order valence-electron chi connectivity index (χ1n) is 7.54. The smallest absolute Gasteiger partial charge is 0.0594 e. The molecule has 20 heavy (non-hydrogen) atoms. The van der Waals surface area contributed by atoms with Crippen LogP contribution in [0.15, 0.2) is 41.8 Å². The van der Waals surface area contributed by atoms with Crippen molar-refractivity contribution in [2.45, 2.75) is 49.6 Å². The first-order chi connectivity index (χ1) is 9.83. The van der Waals surface area contributed by atoms with Crippen molar-refractivity contribution in [1.82, 2.24) is 0 Å². The van der Waals surface area contributed by atoms with Crippen molar-refractivity contribution >= 4 is 17.4 Å². The fourth-order valence-electron chi connectivity index (χ4n) is 2.61. The zero-order valence-electron chi connectivity index (χ0n) is 12.3. The molecule has 1 heterocycles. The number of para-hydroxylation sites is 1. The van der Waals surface area contributed by atoms with Gasteiger partial charge >= 0.3 is 0 Å². The maximum absolute atomic E-state index is 5.82. The van der Waals surface area contributed by atoms with Crippen molar-refractivity contribution < 1.29 is 4.74 Å². The van der Waals surface area contributed by atoms with Gasteiger partial charge in [-0.1, -0.05) is 31.6 Å². The molecule has 1 aliphatic heterocycles. The molecule has 110 valence electrons. The highest BCUT2D eigenvalue weighted by molar-refractivity contribution is 7.99. The Bertz CT molecular complexity index is 419. The minimum absolute atomic E-state index is 0.430. The van der Waals surface area contributed by atoms with Crippen molar-refractivity contribution in [2.24, 2.45) is 0 Å². The van der Waals surface area contributed by atoms with E-state index >= 15 is 0 Å². The number of hydrogen-bond acceptors (Lipinski definition) is 3. The van der Waals surface area contributed by atoms with E-state index in [2.05, 4.69) is 43.1 Å². The lowest BCUT2D eigenvalue weighted by Gasteiger charge is -2.31. The Balaban J connectivity index is 1.96. The topological polar surface area (TPSA) is 21.3 Å². The minimum Gasteiger partial charge on any atom is -0.381 e. The summed E-state index contributed by atoms with van der Waals surface area (Å²) >= 11 is 1.83. The van der Waals surface area contributed by atoms with Gasteiger partial charge in [0.05, 0.1) is 6.10 Å². The Morgan fingerprint density at radius 2 is 2.30 bits per heavy atom. The third-order valence-corrected chi connectivity index (χ3v) is 4.65. The molecule has 0 aromatic heterocycles. The molecule has 1 aromatic carbocycles. The van der Waals surface area contributed by atoms with E-state index in [4.69, 9.17) is 4.74 Å². The SMILES string of the molecule is C=CCSc1ccccc1NC1CCOC(CCC)C1. The van der Waals surface area contributed by atoms with Gasteiger partial charge in [0.1, 0.15) is 0 Å². The van der Waals surface area contributed by atoms with Gasteiger partial charge in [-0.25, -0.2) is 0 Å². The van der Waals surface area contributed by atoms with Crippen LogP contribution < -0.4 is 5.32 Å². The van der Waals surface area contributed by atoms with Crippen LogP contribution in [-0.2, 0) is 4.74 Å². The standard InChI is InChI=1S/C17H25NOS/c1-3-7-15-13-14(10-11-19-15)18-16-8-5-6-9-17(16)20-12-4-2/h4-6,8-9,14-15,18H,2-3,7,10-13H2,1H3. The first kappa shape index (κ1) is 15.5. The predicted octanol–water partition coefficient (Wildman–Crippen LogP) is 4.72. The maximum atomic E-state index is 5.82. The van der Waals surface area contributed by atoms with Gasteiger partial charge in [-0.15, -0.1) is 18.3 Å². The van der Waals surface area contributed by atoms with E-state index in [1.54, 1.807) is 0 Å². The van der Waals surface area contributed by atoms with E-state index in [-0.39, 0.29) is 0 Å². The monoisotopic (exact) mass is 291 g/mol. The average Bonchev–Trinajstić information content (AvgIpc) is 2.47. The van der Waals surface area contributed by atoms with Crippen LogP contribution in [0.5, 0.6) is 0 Å². The molecule has 2 rings (SSSR count). The second-order valence-electron chi connectivity index (χ2n) is 5.24. The second-order valence-corrected chi connectivity index (χ2v) is 6.30. The molecule has 2 atom stereocenters. The molecule has 2 nitrogen and oxygen atoms in total. The summed E-state index contributed by atoms with van der Waals surface area (Å²) in [5, 5.41) is 3.71. The first-order valence-corrected chi connectivity index (χ1v) is 8.53. The van der Waals surface area contributed by atoms with Crippen LogP contribution in [0.3, 0.4) is 0 Å². The van der Waals surface area contributed by atoms with Crippen molar-refractivity contribution in [3.05, 3.63) is 36.9 Å². The number of nitrogens with one attached hydrogen (secondary N) is 1. The Hall–Kier alpha value is -0.930. The third-order valence-electron chi connectivity index (χ3n) is 3.58. The summed E-state index contributed by atoms with van der Waals surface area (Å²) in [6.45, 7) is 6.90. The van der Waals surface area contributed by atoms with Crippen molar-refractivity contribution in [1.29, 1.82) is 0 Å². The maximum Gasteiger partial charge on any atom is 0.0594 e. The molecule has 0 spiro atoms. The number of ether oxygens (including phenoxy) is 1. The Labute approximate surface area is 127 Å². The zero-order chi connectivity index (χ0) is 14.2. The van der Waals surface area contributed by atoms with Crippen molar-refractivity contribution in [2.75, 3.05) is 17.7 Å². The fraction of sp³-hybridized carbons (Fsp3) is 0.529. The minimum atomic E-state index is 0.430. The van der Waals surface area contributed by atoms with Crippen LogP contribution in [0.4, 0.5) is 5.69 Å². The number of rotatable bonds is 7. The molecule has 1 aliphatic rings. The third kappa shape index (κ3) is 4.57. The van der Waals surface area contributed by atoms with Crippen LogP contribution in [0.1, 0.15) is 32.6 Å². The molecule has 1 aromatic rings. The molecule has 0 aliphatic carbocycles. The average molecular weight is 291 g/mol. The summed E-state index contributed by atoms with van der Waals surface area (Å²) in [5.41, 5.74) is 1.25. The van der Waals surface area contributed by atoms with Gasteiger partial charge < -0.3 is 10.1 Å². The number of benzene rings is 1. The van der Waals surface area contributed by atoms with E-state index < -0.39 is 0 Å². The summed E-state index contributed by atoms with van der Waals surface area (Å²) in [6, 6.07) is 9.09. The molecule has 1 fully saturated rings. The Morgan fingerprint density at radius 3 is 3.10 bits per heavy atom. The van der Waals surface area contributed by atoms with Gasteiger partial charge in [0.25, 0.3) is 0 Å². The Kier molecular flexibility index (Phi) is 6.48. The van der Waals surface area contributed by atoms with Crippen LogP contribution >= 0.6 is 11.8 Å². The number of thioether (sulfide) groups is 1. The molecule has 0 saturated carbocycles. The van der Waals surface area contributed by atoms with Gasteiger partial charge in [0.2, 0.25) is 0 Å². The van der Waals surface area contributed by atoms with Gasteiger partial charge in [-0.2, -0.15) is 0 Å². The van der Waals surface area contributed by atoms with Crippen LogP contribution in [0, 0.1) is 0 Å². The van der Waals surface area contributed by atoms with Crippen molar-refractivity contribution in [3.63, 3.8) is 0 Å². The van der Waals surface area contributed by atoms with E-state index in [0.717, 1.165) is 25.2 Å².